The van der Waals surface area contributed by atoms with Crippen LogP contribution in [-0.4, -0.2) is 30.5 Å². The first-order valence-electron chi connectivity index (χ1n) is 9.93. The molecule has 5 nitrogen and oxygen atoms in total. The van der Waals surface area contributed by atoms with Crippen LogP contribution >= 0.6 is 11.3 Å². The fourth-order valence-electron chi connectivity index (χ4n) is 4.22. The van der Waals surface area contributed by atoms with E-state index in [1.807, 2.05) is 18.2 Å². The summed E-state index contributed by atoms with van der Waals surface area (Å²) in [5.41, 5.74) is 2.18. The lowest BCUT2D eigenvalue weighted by Crippen LogP contribution is -2.44. The fraction of sp³-hybridized carbons (Fsp3) is 0.455. The van der Waals surface area contributed by atoms with Crippen LogP contribution in [0.1, 0.15) is 47.8 Å². The van der Waals surface area contributed by atoms with E-state index in [1.54, 1.807) is 11.3 Å². The molecule has 0 saturated carbocycles. The Balaban J connectivity index is 1.32. The van der Waals surface area contributed by atoms with Crippen molar-refractivity contribution in [3.63, 3.8) is 0 Å². The van der Waals surface area contributed by atoms with Crippen LogP contribution in [0.2, 0.25) is 0 Å². The number of carbonyl (C=O) groups excluding carboxylic acids is 2. The number of ether oxygens (including phenoxy) is 1. The zero-order valence-electron chi connectivity index (χ0n) is 15.9. The lowest BCUT2D eigenvalue weighted by atomic mass is 9.87. The second-order valence-electron chi connectivity index (χ2n) is 7.70. The van der Waals surface area contributed by atoms with Gasteiger partial charge in [-0.25, -0.2) is 0 Å². The Morgan fingerprint density at radius 1 is 1.25 bits per heavy atom. The molecule has 28 heavy (non-hydrogen) atoms. The van der Waals surface area contributed by atoms with Gasteiger partial charge in [-0.3, -0.25) is 9.59 Å². The smallest absolute Gasteiger partial charge is 0.220 e. The predicted molar refractivity (Wildman–Crippen MR) is 109 cm³/mol. The molecule has 2 aliphatic rings. The Morgan fingerprint density at radius 3 is 2.93 bits per heavy atom. The summed E-state index contributed by atoms with van der Waals surface area (Å²) in [7, 11) is 0. The molecule has 1 aromatic carbocycles. The van der Waals surface area contributed by atoms with Crippen LogP contribution in [0.3, 0.4) is 0 Å². The minimum Gasteiger partial charge on any atom is -0.371 e. The van der Waals surface area contributed by atoms with Gasteiger partial charge in [-0.2, -0.15) is 0 Å². The number of nitrogens with one attached hydrogen (secondary N) is 2. The third-order valence-electron chi connectivity index (χ3n) is 5.74. The van der Waals surface area contributed by atoms with Gasteiger partial charge in [0.05, 0.1) is 6.61 Å². The fourth-order valence-corrected chi connectivity index (χ4v) is 5.07. The molecule has 2 atom stereocenters. The van der Waals surface area contributed by atoms with Crippen molar-refractivity contribution in [2.45, 2.75) is 50.2 Å². The van der Waals surface area contributed by atoms with Gasteiger partial charge in [0.25, 0.3) is 0 Å². The molecule has 2 N–H and O–H groups in total. The van der Waals surface area contributed by atoms with Gasteiger partial charge < -0.3 is 15.4 Å². The molecular formula is C22H26N2O3S. The number of hydrogen-bond donors (Lipinski definition) is 2. The molecule has 1 aromatic heterocycles. The maximum absolute atomic E-state index is 12.5. The predicted octanol–water partition coefficient (Wildman–Crippen LogP) is 3.15. The van der Waals surface area contributed by atoms with E-state index in [4.69, 9.17) is 4.74 Å². The number of benzene rings is 1. The van der Waals surface area contributed by atoms with Gasteiger partial charge in [-0.15, -0.1) is 11.3 Å². The normalized spacial score (nSPS) is 23.9. The first kappa shape index (κ1) is 19.2. The number of rotatable bonds is 7. The maximum Gasteiger partial charge on any atom is 0.220 e. The van der Waals surface area contributed by atoms with E-state index < -0.39 is 0 Å². The molecular weight excluding hydrogens is 372 g/mol. The van der Waals surface area contributed by atoms with Crippen molar-refractivity contribution in [3.05, 3.63) is 57.8 Å². The van der Waals surface area contributed by atoms with Crippen molar-refractivity contribution in [2.75, 3.05) is 13.2 Å². The molecule has 0 radical (unpaired) electrons. The molecule has 3 heterocycles. The van der Waals surface area contributed by atoms with Gasteiger partial charge >= 0.3 is 0 Å². The summed E-state index contributed by atoms with van der Waals surface area (Å²) in [5, 5.41) is 8.22. The Kier molecular flexibility index (Phi) is 5.78. The van der Waals surface area contributed by atoms with Gasteiger partial charge in [0.15, 0.2) is 0 Å². The van der Waals surface area contributed by atoms with E-state index in [2.05, 4.69) is 34.2 Å². The van der Waals surface area contributed by atoms with Gasteiger partial charge in [-0.05, 0) is 41.8 Å². The van der Waals surface area contributed by atoms with E-state index >= 15 is 0 Å². The lowest BCUT2D eigenvalue weighted by molar-refractivity contribution is -0.123. The maximum atomic E-state index is 12.5. The summed E-state index contributed by atoms with van der Waals surface area (Å²) in [6.45, 7) is 1.17. The Labute approximate surface area is 169 Å². The SMILES string of the molecule is O=C(CC[C@@]1(Cc2cccs2)CCC(=O)N1)NC[C@H]1OCCc2ccccc21. The van der Waals surface area contributed by atoms with E-state index in [0.717, 1.165) is 19.3 Å². The Morgan fingerprint density at radius 2 is 2.14 bits per heavy atom. The molecule has 148 valence electrons. The average Bonchev–Trinajstić information content (AvgIpc) is 3.35. The number of hydrogen-bond acceptors (Lipinski definition) is 4. The minimum atomic E-state index is -0.298. The monoisotopic (exact) mass is 398 g/mol. The first-order chi connectivity index (χ1) is 13.6. The van der Waals surface area contributed by atoms with Crippen LogP contribution in [0.5, 0.6) is 0 Å². The highest BCUT2D eigenvalue weighted by Gasteiger charge is 2.38. The summed E-state index contributed by atoms with van der Waals surface area (Å²) < 4.78 is 5.87. The molecule has 0 unspecified atom stereocenters. The van der Waals surface area contributed by atoms with Crippen LogP contribution < -0.4 is 10.6 Å². The van der Waals surface area contributed by atoms with Crippen molar-refractivity contribution in [3.8, 4) is 0 Å². The van der Waals surface area contributed by atoms with E-state index in [9.17, 15) is 9.59 Å². The van der Waals surface area contributed by atoms with Crippen LogP contribution in [0.4, 0.5) is 0 Å². The van der Waals surface area contributed by atoms with Gasteiger partial charge in [0.2, 0.25) is 11.8 Å². The van der Waals surface area contributed by atoms with Crippen LogP contribution in [0.15, 0.2) is 41.8 Å². The number of carbonyl (C=O) groups is 2. The van der Waals surface area contributed by atoms with Crippen LogP contribution in [-0.2, 0) is 27.2 Å². The molecule has 0 bridgehead atoms. The standard InChI is InChI=1S/C22H26N2O3S/c25-20(23-15-19-18-6-2-1-4-16(18)9-12-27-19)7-10-22(11-8-21(26)24-22)14-17-5-3-13-28-17/h1-6,13,19H,7-12,14-15H2,(H,23,25)(H,24,26)/t19-,22+/m1/s1. The van der Waals surface area contributed by atoms with E-state index in [-0.39, 0.29) is 23.5 Å². The number of fused-ring (bicyclic) bond motifs is 1. The van der Waals surface area contributed by atoms with Gasteiger partial charge in [-0.1, -0.05) is 30.3 Å². The minimum absolute atomic E-state index is 0.0124. The second kappa shape index (κ2) is 8.45. The summed E-state index contributed by atoms with van der Waals surface area (Å²) in [5.74, 6) is 0.0996. The van der Waals surface area contributed by atoms with E-state index in [0.29, 0.717) is 32.4 Å². The molecule has 4 rings (SSSR count). The lowest BCUT2D eigenvalue weighted by Gasteiger charge is -2.29. The topological polar surface area (TPSA) is 67.4 Å². The zero-order valence-corrected chi connectivity index (χ0v) is 16.7. The van der Waals surface area contributed by atoms with Crippen LogP contribution in [0, 0.1) is 0 Å². The van der Waals surface area contributed by atoms with E-state index in [1.165, 1.54) is 16.0 Å². The third-order valence-corrected chi connectivity index (χ3v) is 6.61. The molecule has 1 fully saturated rings. The molecule has 1 saturated heterocycles. The molecule has 6 heteroatoms. The van der Waals surface area contributed by atoms with Crippen molar-refractivity contribution < 1.29 is 14.3 Å². The van der Waals surface area contributed by atoms with Gasteiger partial charge in [0, 0.05) is 36.2 Å². The second-order valence-corrected chi connectivity index (χ2v) is 8.73. The Bertz CT molecular complexity index is 836. The molecule has 0 aliphatic carbocycles. The third kappa shape index (κ3) is 4.45. The van der Waals surface area contributed by atoms with Crippen molar-refractivity contribution in [2.24, 2.45) is 0 Å². The zero-order chi connectivity index (χ0) is 19.4. The molecule has 0 spiro atoms. The highest BCUT2D eigenvalue weighted by Crippen LogP contribution is 2.31. The highest BCUT2D eigenvalue weighted by atomic mass is 32.1. The summed E-state index contributed by atoms with van der Waals surface area (Å²) in [6, 6.07) is 12.4. The molecule has 2 amide bonds. The highest BCUT2D eigenvalue weighted by molar-refractivity contribution is 7.09. The average molecular weight is 399 g/mol. The quantitative estimate of drug-likeness (QED) is 0.753. The molecule has 2 aromatic rings. The summed E-state index contributed by atoms with van der Waals surface area (Å²) in [6.07, 6.45) is 4.02. The van der Waals surface area contributed by atoms with Crippen molar-refractivity contribution in [1.29, 1.82) is 0 Å². The van der Waals surface area contributed by atoms with Gasteiger partial charge in [0.1, 0.15) is 6.10 Å². The van der Waals surface area contributed by atoms with Crippen molar-refractivity contribution in [1.82, 2.24) is 10.6 Å². The van der Waals surface area contributed by atoms with Crippen LogP contribution in [0.25, 0.3) is 0 Å². The summed E-state index contributed by atoms with van der Waals surface area (Å²) in [4.78, 5) is 25.6. The largest absolute Gasteiger partial charge is 0.371 e. The first-order valence-corrected chi connectivity index (χ1v) is 10.8. The summed E-state index contributed by atoms with van der Waals surface area (Å²) >= 11 is 1.70. The number of thiophene rings is 1. The molecule has 2 aliphatic heterocycles. The number of amides is 2. The van der Waals surface area contributed by atoms with Crippen molar-refractivity contribution >= 4 is 23.2 Å². The Hall–Kier alpha value is -2.18.